The number of carbonyl (C=O) groups is 1. The predicted octanol–water partition coefficient (Wildman–Crippen LogP) is 1.08. The maximum absolute atomic E-state index is 10.8. The van der Waals surface area contributed by atoms with E-state index in [1.54, 1.807) is 19.1 Å². The Morgan fingerprint density at radius 1 is 1.50 bits per heavy atom. The molecule has 0 saturated heterocycles. The van der Waals surface area contributed by atoms with Gasteiger partial charge in [0.25, 0.3) is 0 Å². The van der Waals surface area contributed by atoms with Crippen molar-refractivity contribution in [2.24, 2.45) is 0 Å². The molecule has 0 spiro atoms. The summed E-state index contributed by atoms with van der Waals surface area (Å²) in [4.78, 5) is 12.7. The van der Waals surface area contributed by atoms with Gasteiger partial charge in [-0.3, -0.25) is 0 Å². The summed E-state index contributed by atoms with van der Waals surface area (Å²) < 4.78 is 5.46. The van der Waals surface area contributed by atoms with E-state index in [1.807, 2.05) is 11.9 Å². The lowest BCUT2D eigenvalue weighted by molar-refractivity contribution is 0.0696. The lowest BCUT2D eigenvalue weighted by Crippen LogP contribution is -2.30. The fourth-order valence-electron chi connectivity index (χ4n) is 1.58. The molecule has 0 aliphatic carbocycles. The first kappa shape index (κ1) is 14.5. The van der Waals surface area contributed by atoms with Crippen LogP contribution < -0.4 is 4.74 Å². The van der Waals surface area contributed by atoms with Crippen LogP contribution in [0.5, 0.6) is 5.75 Å². The normalized spacial score (nSPS) is 12.4. The van der Waals surface area contributed by atoms with Crippen molar-refractivity contribution in [3.8, 4) is 5.75 Å². The highest BCUT2D eigenvalue weighted by Gasteiger charge is 2.05. The highest BCUT2D eigenvalue weighted by atomic mass is 16.5. The first-order valence-electron chi connectivity index (χ1n) is 5.82. The van der Waals surface area contributed by atoms with Crippen LogP contribution in [0.15, 0.2) is 24.3 Å². The molecule has 18 heavy (non-hydrogen) atoms. The minimum absolute atomic E-state index is 0.213. The van der Waals surface area contributed by atoms with E-state index in [-0.39, 0.29) is 11.7 Å². The van der Waals surface area contributed by atoms with Gasteiger partial charge in [-0.25, -0.2) is 4.79 Å². The Balaban J connectivity index is 2.39. The van der Waals surface area contributed by atoms with Gasteiger partial charge in [0.15, 0.2) is 0 Å². The standard InChI is InChI=1S/C13H19NO4/c1-10(15)9-14(2)6-7-18-12-5-3-4-11(8-12)13(16)17/h3-5,8,10,15H,6-7,9H2,1-2H3,(H,16,17). The lowest BCUT2D eigenvalue weighted by atomic mass is 10.2. The Morgan fingerprint density at radius 2 is 2.22 bits per heavy atom. The van der Waals surface area contributed by atoms with Crippen molar-refractivity contribution in [3.63, 3.8) is 0 Å². The van der Waals surface area contributed by atoms with Gasteiger partial charge in [0.1, 0.15) is 12.4 Å². The number of benzene rings is 1. The van der Waals surface area contributed by atoms with Gasteiger partial charge in [0, 0.05) is 13.1 Å². The van der Waals surface area contributed by atoms with Crippen molar-refractivity contribution in [1.29, 1.82) is 0 Å². The Kier molecular flexibility index (Phi) is 5.61. The van der Waals surface area contributed by atoms with E-state index in [1.165, 1.54) is 12.1 Å². The number of ether oxygens (including phenoxy) is 1. The fraction of sp³-hybridized carbons (Fsp3) is 0.462. The maximum Gasteiger partial charge on any atom is 0.335 e. The number of aromatic carboxylic acids is 1. The molecule has 0 amide bonds. The average molecular weight is 253 g/mol. The van der Waals surface area contributed by atoms with E-state index < -0.39 is 5.97 Å². The third kappa shape index (κ3) is 5.16. The molecule has 1 aromatic carbocycles. The van der Waals surface area contributed by atoms with E-state index in [2.05, 4.69) is 0 Å². The number of aliphatic hydroxyl groups excluding tert-OH is 1. The molecular formula is C13H19NO4. The Morgan fingerprint density at radius 3 is 2.83 bits per heavy atom. The highest BCUT2D eigenvalue weighted by molar-refractivity contribution is 5.87. The highest BCUT2D eigenvalue weighted by Crippen LogP contribution is 2.13. The van der Waals surface area contributed by atoms with E-state index in [9.17, 15) is 9.90 Å². The SMILES string of the molecule is CC(O)CN(C)CCOc1cccc(C(=O)O)c1. The van der Waals surface area contributed by atoms with Crippen LogP contribution in [-0.2, 0) is 0 Å². The van der Waals surface area contributed by atoms with Gasteiger partial charge in [-0.05, 0) is 32.2 Å². The minimum atomic E-state index is -0.966. The largest absolute Gasteiger partial charge is 0.492 e. The molecular weight excluding hydrogens is 234 g/mol. The average Bonchev–Trinajstić information content (AvgIpc) is 2.28. The van der Waals surface area contributed by atoms with E-state index >= 15 is 0 Å². The van der Waals surface area contributed by atoms with Gasteiger partial charge in [0.05, 0.1) is 11.7 Å². The van der Waals surface area contributed by atoms with Gasteiger partial charge >= 0.3 is 5.97 Å². The van der Waals surface area contributed by atoms with Crippen molar-refractivity contribution in [2.45, 2.75) is 13.0 Å². The minimum Gasteiger partial charge on any atom is -0.492 e. The van der Waals surface area contributed by atoms with Crippen LogP contribution >= 0.6 is 0 Å². The molecule has 5 nitrogen and oxygen atoms in total. The first-order valence-corrected chi connectivity index (χ1v) is 5.82. The van der Waals surface area contributed by atoms with Crippen LogP contribution in [0.4, 0.5) is 0 Å². The van der Waals surface area contributed by atoms with Gasteiger partial charge in [0.2, 0.25) is 0 Å². The number of likely N-dealkylation sites (N-methyl/N-ethyl adjacent to an activating group) is 1. The second kappa shape index (κ2) is 6.98. The fourth-order valence-corrected chi connectivity index (χ4v) is 1.58. The molecule has 1 unspecified atom stereocenters. The Bertz CT molecular complexity index is 392. The maximum atomic E-state index is 10.8. The molecule has 2 N–H and O–H groups in total. The molecule has 0 fully saturated rings. The first-order chi connectivity index (χ1) is 8.49. The molecule has 0 aliphatic rings. The molecule has 0 radical (unpaired) electrons. The van der Waals surface area contributed by atoms with Crippen LogP contribution in [0.1, 0.15) is 17.3 Å². The molecule has 100 valence electrons. The second-order valence-corrected chi connectivity index (χ2v) is 4.29. The van der Waals surface area contributed by atoms with Gasteiger partial charge in [-0.15, -0.1) is 0 Å². The molecule has 1 rings (SSSR count). The zero-order chi connectivity index (χ0) is 13.5. The van der Waals surface area contributed by atoms with Crippen molar-refractivity contribution in [1.82, 2.24) is 4.90 Å². The lowest BCUT2D eigenvalue weighted by Gasteiger charge is -2.18. The number of nitrogens with zero attached hydrogens (tertiary/aromatic N) is 1. The summed E-state index contributed by atoms with van der Waals surface area (Å²) in [7, 11) is 1.89. The van der Waals surface area contributed by atoms with E-state index in [0.29, 0.717) is 25.4 Å². The molecule has 0 saturated carbocycles. The summed E-state index contributed by atoms with van der Waals surface area (Å²) in [6, 6.07) is 6.39. The Hall–Kier alpha value is -1.59. The van der Waals surface area contributed by atoms with Crippen LogP contribution in [0.25, 0.3) is 0 Å². The zero-order valence-corrected chi connectivity index (χ0v) is 10.7. The van der Waals surface area contributed by atoms with Crippen LogP contribution in [0.3, 0.4) is 0 Å². The quantitative estimate of drug-likeness (QED) is 0.761. The summed E-state index contributed by atoms with van der Waals surface area (Å²) in [6.45, 7) is 3.43. The van der Waals surface area contributed by atoms with Crippen molar-refractivity contribution in [2.75, 3.05) is 26.7 Å². The summed E-state index contributed by atoms with van der Waals surface area (Å²) in [5, 5.41) is 18.0. The molecule has 1 aromatic rings. The van der Waals surface area contributed by atoms with Crippen LogP contribution in [-0.4, -0.2) is 53.9 Å². The van der Waals surface area contributed by atoms with E-state index in [0.717, 1.165) is 0 Å². The van der Waals surface area contributed by atoms with Gasteiger partial charge in [-0.1, -0.05) is 6.07 Å². The zero-order valence-electron chi connectivity index (χ0n) is 10.7. The van der Waals surface area contributed by atoms with Crippen molar-refractivity contribution >= 4 is 5.97 Å². The summed E-state index contributed by atoms with van der Waals surface area (Å²) >= 11 is 0. The Labute approximate surface area is 107 Å². The number of rotatable bonds is 7. The van der Waals surface area contributed by atoms with Gasteiger partial charge in [-0.2, -0.15) is 0 Å². The molecule has 0 bridgehead atoms. The van der Waals surface area contributed by atoms with Crippen LogP contribution in [0, 0.1) is 0 Å². The number of hydrogen-bond donors (Lipinski definition) is 2. The molecule has 1 atom stereocenters. The van der Waals surface area contributed by atoms with Crippen LogP contribution in [0.2, 0.25) is 0 Å². The predicted molar refractivity (Wildman–Crippen MR) is 68.1 cm³/mol. The van der Waals surface area contributed by atoms with Crippen molar-refractivity contribution in [3.05, 3.63) is 29.8 Å². The smallest absolute Gasteiger partial charge is 0.335 e. The van der Waals surface area contributed by atoms with Crippen molar-refractivity contribution < 1.29 is 19.7 Å². The molecule has 0 heterocycles. The number of carboxylic acid groups (broad SMARTS) is 1. The summed E-state index contributed by atoms with van der Waals surface area (Å²) in [5.74, 6) is -0.424. The number of aliphatic hydroxyl groups is 1. The third-order valence-corrected chi connectivity index (χ3v) is 2.40. The van der Waals surface area contributed by atoms with E-state index in [4.69, 9.17) is 9.84 Å². The van der Waals surface area contributed by atoms with Gasteiger partial charge < -0.3 is 19.8 Å². The number of carboxylic acids is 1. The second-order valence-electron chi connectivity index (χ2n) is 4.29. The molecule has 5 heteroatoms. The summed E-state index contributed by atoms with van der Waals surface area (Å²) in [5.41, 5.74) is 0.213. The number of hydrogen-bond acceptors (Lipinski definition) is 4. The topological polar surface area (TPSA) is 70.0 Å². The summed E-state index contributed by atoms with van der Waals surface area (Å²) in [6.07, 6.45) is -0.370. The third-order valence-electron chi connectivity index (χ3n) is 2.40. The molecule has 0 aromatic heterocycles. The monoisotopic (exact) mass is 253 g/mol. The molecule has 0 aliphatic heterocycles.